The lowest BCUT2D eigenvalue weighted by atomic mass is 10.1. The Bertz CT molecular complexity index is 577. The summed E-state index contributed by atoms with van der Waals surface area (Å²) in [5.41, 5.74) is 6.69. The molecule has 0 spiro atoms. The first-order chi connectivity index (χ1) is 8.61. The molecule has 0 aliphatic heterocycles. The van der Waals surface area contributed by atoms with Gasteiger partial charge in [-0.25, -0.2) is 0 Å². The van der Waals surface area contributed by atoms with E-state index in [1.165, 1.54) is 0 Å². The number of anilines is 1. The van der Waals surface area contributed by atoms with Gasteiger partial charge in [-0.2, -0.15) is 0 Å². The van der Waals surface area contributed by atoms with Gasteiger partial charge in [-0.15, -0.1) is 0 Å². The van der Waals surface area contributed by atoms with E-state index in [-0.39, 0.29) is 11.5 Å². The molecule has 0 atom stereocenters. The summed E-state index contributed by atoms with van der Waals surface area (Å²) in [6.45, 7) is 0.339. The van der Waals surface area contributed by atoms with Gasteiger partial charge < -0.3 is 14.9 Å². The maximum absolute atomic E-state index is 12.2. The zero-order valence-corrected chi connectivity index (χ0v) is 11.4. The van der Waals surface area contributed by atoms with Crippen molar-refractivity contribution >= 4 is 27.4 Å². The average Bonchev–Trinajstić information content (AvgIpc) is 2.80. The highest BCUT2D eigenvalue weighted by Crippen LogP contribution is 2.23. The number of carbonyl (C=O) groups is 1. The van der Waals surface area contributed by atoms with Gasteiger partial charge in [0.15, 0.2) is 5.76 Å². The van der Waals surface area contributed by atoms with Crippen LogP contribution in [0, 0.1) is 0 Å². The van der Waals surface area contributed by atoms with Crippen LogP contribution in [0.5, 0.6) is 0 Å². The highest BCUT2D eigenvalue weighted by Gasteiger charge is 2.16. The van der Waals surface area contributed by atoms with E-state index in [9.17, 15) is 4.79 Å². The Kier molecular flexibility index (Phi) is 3.84. The third-order valence-corrected chi connectivity index (χ3v) is 3.10. The van der Waals surface area contributed by atoms with E-state index in [1.807, 2.05) is 0 Å². The van der Waals surface area contributed by atoms with E-state index >= 15 is 0 Å². The van der Waals surface area contributed by atoms with Crippen LogP contribution >= 0.6 is 15.9 Å². The monoisotopic (exact) mass is 309 g/mol. The molecule has 0 radical (unpaired) electrons. The fourth-order valence-electron chi connectivity index (χ4n) is 1.57. The molecule has 0 fully saturated rings. The lowest BCUT2D eigenvalue weighted by Gasteiger charge is -2.03. The summed E-state index contributed by atoms with van der Waals surface area (Å²) in [7, 11) is 1.57. The molecule has 0 aliphatic rings. The van der Waals surface area contributed by atoms with Crippen molar-refractivity contribution in [2.45, 2.75) is 6.61 Å². The second-order valence-electron chi connectivity index (χ2n) is 3.77. The Morgan fingerprint density at radius 2 is 2.17 bits per heavy atom. The van der Waals surface area contributed by atoms with Crippen molar-refractivity contribution in [3.05, 3.63) is 51.9 Å². The molecule has 1 heterocycles. The second-order valence-corrected chi connectivity index (χ2v) is 4.62. The standard InChI is InChI=1S/C13H12BrNO3/c1-17-7-9-3-5-12(18-9)13(16)10-6-8(15)2-4-11(10)14/h2-6H,7,15H2,1H3. The number of furan rings is 1. The zero-order chi connectivity index (χ0) is 13.1. The first-order valence-corrected chi connectivity index (χ1v) is 6.08. The first-order valence-electron chi connectivity index (χ1n) is 5.29. The van der Waals surface area contributed by atoms with Gasteiger partial charge in [0.2, 0.25) is 5.78 Å². The van der Waals surface area contributed by atoms with Crippen LogP contribution in [0.25, 0.3) is 0 Å². The number of carbonyl (C=O) groups excluding carboxylic acids is 1. The average molecular weight is 310 g/mol. The molecule has 0 saturated heterocycles. The van der Waals surface area contributed by atoms with Crippen LogP contribution < -0.4 is 5.73 Å². The van der Waals surface area contributed by atoms with E-state index in [0.717, 1.165) is 0 Å². The lowest BCUT2D eigenvalue weighted by molar-refractivity contribution is 0.0999. The molecule has 1 aromatic carbocycles. The van der Waals surface area contributed by atoms with Crippen molar-refractivity contribution in [1.82, 2.24) is 0 Å². The fourth-order valence-corrected chi connectivity index (χ4v) is 2.00. The van der Waals surface area contributed by atoms with E-state index in [1.54, 1.807) is 37.4 Å². The number of ketones is 1. The number of rotatable bonds is 4. The molecule has 0 unspecified atom stereocenters. The Morgan fingerprint density at radius 3 is 2.89 bits per heavy atom. The van der Waals surface area contributed by atoms with Crippen molar-refractivity contribution in [1.29, 1.82) is 0 Å². The van der Waals surface area contributed by atoms with Crippen molar-refractivity contribution in [2.75, 3.05) is 12.8 Å². The third kappa shape index (κ3) is 2.63. The molecule has 0 bridgehead atoms. The maximum Gasteiger partial charge on any atom is 0.229 e. The van der Waals surface area contributed by atoms with Crippen LogP contribution in [0.3, 0.4) is 0 Å². The molecule has 0 saturated carbocycles. The summed E-state index contributed by atoms with van der Waals surface area (Å²) >= 11 is 3.32. The van der Waals surface area contributed by atoms with E-state index < -0.39 is 0 Å². The zero-order valence-electron chi connectivity index (χ0n) is 9.77. The predicted octanol–water partition coefficient (Wildman–Crippen LogP) is 3.00. The summed E-state index contributed by atoms with van der Waals surface area (Å²) in [5, 5.41) is 0. The van der Waals surface area contributed by atoms with Gasteiger partial charge in [0, 0.05) is 22.8 Å². The number of hydrogen-bond acceptors (Lipinski definition) is 4. The number of hydrogen-bond donors (Lipinski definition) is 1. The van der Waals surface area contributed by atoms with Crippen LogP contribution in [0.2, 0.25) is 0 Å². The number of methoxy groups -OCH3 is 1. The molecule has 18 heavy (non-hydrogen) atoms. The second kappa shape index (κ2) is 5.37. The normalized spacial score (nSPS) is 10.6. The molecular formula is C13H12BrNO3. The van der Waals surface area contributed by atoms with Gasteiger partial charge in [0.25, 0.3) is 0 Å². The number of nitrogen functional groups attached to an aromatic ring is 1. The van der Waals surface area contributed by atoms with Gasteiger partial charge in [0.1, 0.15) is 12.4 Å². The van der Waals surface area contributed by atoms with Crippen LogP contribution in [-0.2, 0) is 11.3 Å². The van der Waals surface area contributed by atoms with Crippen LogP contribution in [0.15, 0.2) is 39.2 Å². The van der Waals surface area contributed by atoms with Gasteiger partial charge >= 0.3 is 0 Å². The summed E-state index contributed by atoms with van der Waals surface area (Å²) in [6, 6.07) is 8.43. The smallest absolute Gasteiger partial charge is 0.229 e. The Balaban J connectivity index is 2.32. The molecule has 0 amide bonds. The Labute approximate surface area is 113 Å². The van der Waals surface area contributed by atoms with E-state index in [2.05, 4.69) is 15.9 Å². The molecule has 2 N–H and O–H groups in total. The summed E-state index contributed by atoms with van der Waals surface area (Å²) < 4.78 is 11.0. The van der Waals surface area contributed by atoms with Gasteiger partial charge in [0.05, 0.1) is 0 Å². The minimum Gasteiger partial charge on any atom is -0.455 e. The van der Waals surface area contributed by atoms with Crippen molar-refractivity contribution in [3.63, 3.8) is 0 Å². The molecule has 0 aliphatic carbocycles. The highest BCUT2D eigenvalue weighted by molar-refractivity contribution is 9.10. The fraction of sp³-hybridized carbons (Fsp3) is 0.154. The van der Waals surface area contributed by atoms with Crippen LogP contribution in [-0.4, -0.2) is 12.9 Å². The number of halogens is 1. The summed E-state index contributed by atoms with van der Waals surface area (Å²) in [4.78, 5) is 12.2. The largest absolute Gasteiger partial charge is 0.455 e. The molecule has 94 valence electrons. The summed E-state index contributed by atoms with van der Waals surface area (Å²) in [6.07, 6.45) is 0. The Morgan fingerprint density at radius 1 is 1.39 bits per heavy atom. The molecule has 5 heteroatoms. The van der Waals surface area contributed by atoms with Crippen LogP contribution in [0.4, 0.5) is 5.69 Å². The van der Waals surface area contributed by atoms with Gasteiger partial charge in [-0.3, -0.25) is 4.79 Å². The number of ether oxygens (including phenoxy) is 1. The predicted molar refractivity (Wildman–Crippen MR) is 71.4 cm³/mol. The number of nitrogens with two attached hydrogens (primary N) is 1. The molecule has 4 nitrogen and oxygen atoms in total. The number of benzene rings is 1. The third-order valence-electron chi connectivity index (χ3n) is 2.41. The van der Waals surface area contributed by atoms with Gasteiger partial charge in [-0.05, 0) is 30.3 Å². The molecule has 1 aromatic heterocycles. The molecule has 2 aromatic rings. The minimum absolute atomic E-state index is 0.212. The van der Waals surface area contributed by atoms with Crippen molar-refractivity contribution in [3.8, 4) is 0 Å². The Hall–Kier alpha value is -1.59. The summed E-state index contributed by atoms with van der Waals surface area (Å²) in [5.74, 6) is 0.672. The first kappa shape index (κ1) is 12.9. The molecular weight excluding hydrogens is 298 g/mol. The molecule has 2 rings (SSSR count). The van der Waals surface area contributed by atoms with Gasteiger partial charge in [-0.1, -0.05) is 15.9 Å². The highest BCUT2D eigenvalue weighted by atomic mass is 79.9. The topological polar surface area (TPSA) is 65.5 Å². The lowest BCUT2D eigenvalue weighted by Crippen LogP contribution is -2.02. The van der Waals surface area contributed by atoms with E-state index in [4.69, 9.17) is 14.9 Å². The van der Waals surface area contributed by atoms with Crippen molar-refractivity contribution < 1.29 is 13.9 Å². The van der Waals surface area contributed by atoms with Crippen molar-refractivity contribution in [2.24, 2.45) is 0 Å². The van der Waals surface area contributed by atoms with E-state index in [0.29, 0.717) is 28.1 Å². The minimum atomic E-state index is -0.212. The maximum atomic E-state index is 12.2. The van der Waals surface area contributed by atoms with Crippen LogP contribution in [0.1, 0.15) is 21.9 Å². The quantitative estimate of drug-likeness (QED) is 0.696. The SMILES string of the molecule is COCc1ccc(C(=O)c2cc(N)ccc2Br)o1.